The Labute approximate surface area is 162 Å². The molecule has 3 aliphatic carbocycles. The van der Waals surface area contributed by atoms with E-state index < -0.39 is 0 Å². The average Bonchev–Trinajstić information content (AvgIpc) is 3.12. The fourth-order valence-corrected chi connectivity index (χ4v) is 8.41. The van der Waals surface area contributed by atoms with E-state index in [1.165, 1.54) is 53.7 Å². The molecule has 1 heterocycles. The van der Waals surface area contributed by atoms with Gasteiger partial charge >= 0.3 is 0 Å². The summed E-state index contributed by atoms with van der Waals surface area (Å²) in [5, 5.41) is 1.41. The van der Waals surface area contributed by atoms with Gasteiger partial charge in [-0.2, -0.15) is 0 Å². The first-order valence-corrected chi connectivity index (χ1v) is 11.6. The third-order valence-corrected chi connectivity index (χ3v) is 10.3. The summed E-state index contributed by atoms with van der Waals surface area (Å²) in [6.07, 6.45) is 8.55. The standard InChI is InChI=1S/C24H33NS/c1-15-9-11-17-18-12-10-16(14-24(18,4)23(2,3)19(17)13-15)22-25-20-7-5-6-8-21(20)26-22/h5-8,15-19H,9-14H2,1-4H3. The van der Waals surface area contributed by atoms with Gasteiger partial charge in [-0.3, -0.25) is 0 Å². The molecule has 140 valence electrons. The number of fused-ring (bicyclic) bond motifs is 4. The van der Waals surface area contributed by atoms with Gasteiger partial charge in [-0.15, -0.1) is 11.3 Å². The largest absolute Gasteiger partial charge is 0.241 e. The Kier molecular flexibility index (Phi) is 3.84. The van der Waals surface area contributed by atoms with E-state index in [0.29, 0.717) is 16.7 Å². The van der Waals surface area contributed by atoms with Crippen molar-refractivity contribution in [3.05, 3.63) is 29.3 Å². The molecular formula is C24H33NS. The normalized spacial score (nSPS) is 41.8. The zero-order valence-corrected chi connectivity index (χ0v) is 17.6. The molecule has 3 aliphatic rings. The molecule has 1 nitrogen and oxygen atoms in total. The van der Waals surface area contributed by atoms with Crippen molar-refractivity contribution in [1.82, 2.24) is 4.98 Å². The summed E-state index contributed by atoms with van der Waals surface area (Å²) >= 11 is 1.95. The van der Waals surface area contributed by atoms with Crippen molar-refractivity contribution in [2.45, 2.75) is 72.1 Å². The Hall–Kier alpha value is -0.890. The summed E-state index contributed by atoms with van der Waals surface area (Å²) in [5.41, 5.74) is 2.15. The number of hydrogen-bond donors (Lipinski definition) is 0. The van der Waals surface area contributed by atoms with Crippen molar-refractivity contribution in [2.24, 2.45) is 34.5 Å². The molecule has 0 aliphatic heterocycles. The Morgan fingerprint density at radius 1 is 1.00 bits per heavy atom. The molecular weight excluding hydrogens is 334 g/mol. The molecule has 0 radical (unpaired) electrons. The number of benzene rings is 1. The van der Waals surface area contributed by atoms with Gasteiger partial charge in [-0.25, -0.2) is 4.98 Å². The van der Waals surface area contributed by atoms with Crippen LogP contribution >= 0.6 is 11.3 Å². The molecule has 2 heteroatoms. The van der Waals surface area contributed by atoms with Crippen LogP contribution in [0.5, 0.6) is 0 Å². The predicted molar refractivity (Wildman–Crippen MR) is 112 cm³/mol. The molecule has 1 aromatic carbocycles. The predicted octanol–water partition coefficient (Wildman–Crippen LogP) is 7.28. The van der Waals surface area contributed by atoms with E-state index in [4.69, 9.17) is 4.98 Å². The van der Waals surface area contributed by atoms with Gasteiger partial charge in [0, 0.05) is 5.92 Å². The van der Waals surface area contributed by atoms with Crippen LogP contribution < -0.4 is 0 Å². The number of para-hydroxylation sites is 1. The van der Waals surface area contributed by atoms with E-state index >= 15 is 0 Å². The lowest BCUT2D eigenvalue weighted by molar-refractivity contribution is 0.0119. The van der Waals surface area contributed by atoms with Crippen LogP contribution in [0.1, 0.15) is 77.1 Å². The second kappa shape index (κ2) is 5.80. The number of aromatic nitrogens is 1. The lowest BCUT2D eigenvalue weighted by atomic mass is 9.56. The maximum absolute atomic E-state index is 5.05. The van der Waals surface area contributed by atoms with Gasteiger partial charge in [-0.1, -0.05) is 46.2 Å². The lowest BCUT2D eigenvalue weighted by Gasteiger charge is -2.49. The second-order valence-corrected chi connectivity index (χ2v) is 11.5. The summed E-state index contributed by atoms with van der Waals surface area (Å²) in [6, 6.07) is 8.68. The van der Waals surface area contributed by atoms with Gasteiger partial charge in [0.1, 0.15) is 0 Å². The molecule has 26 heavy (non-hydrogen) atoms. The van der Waals surface area contributed by atoms with Crippen molar-refractivity contribution in [3.63, 3.8) is 0 Å². The highest BCUT2D eigenvalue weighted by molar-refractivity contribution is 7.18. The van der Waals surface area contributed by atoms with Gasteiger partial charge in [0.2, 0.25) is 0 Å². The van der Waals surface area contributed by atoms with Crippen molar-refractivity contribution in [3.8, 4) is 0 Å². The van der Waals surface area contributed by atoms with E-state index in [1.54, 1.807) is 0 Å². The summed E-state index contributed by atoms with van der Waals surface area (Å²) in [6.45, 7) is 10.4. The number of hydrogen-bond acceptors (Lipinski definition) is 2. The second-order valence-electron chi connectivity index (χ2n) is 10.4. The average molecular weight is 368 g/mol. The highest BCUT2D eigenvalue weighted by atomic mass is 32.1. The van der Waals surface area contributed by atoms with Crippen LogP contribution in [0.15, 0.2) is 24.3 Å². The highest BCUT2D eigenvalue weighted by Crippen LogP contribution is 2.71. The summed E-state index contributed by atoms with van der Waals surface area (Å²) in [4.78, 5) is 5.05. The molecule has 6 unspecified atom stereocenters. The Morgan fingerprint density at radius 2 is 1.81 bits per heavy atom. The first kappa shape index (κ1) is 17.2. The molecule has 3 fully saturated rings. The smallest absolute Gasteiger partial charge is 0.0969 e. The van der Waals surface area contributed by atoms with Gasteiger partial charge in [0.25, 0.3) is 0 Å². The number of nitrogens with zero attached hydrogens (tertiary/aromatic N) is 1. The SMILES string of the molecule is CC1CCC2C(C1)C(C)(C)C1(C)CC(c3nc4ccccc4s3)CCC21. The summed E-state index contributed by atoms with van der Waals surface area (Å²) in [5.74, 6) is 4.48. The number of thiazole rings is 1. The minimum absolute atomic E-state index is 0.465. The van der Waals surface area contributed by atoms with Crippen LogP contribution in [0.4, 0.5) is 0 Å². The molecule has 0 bridgehead atoms. The summed E-state index contributed by atoms with van der Waals surface area (Å²) < 4.78 is 1.36. The van der Waals surface area contributed by atoms with Crippen LogP contribution in [0.3, 0.4) is 0 Å². The van der Waals surface area contributed by atoms with E-state index in [-0.39, 0.29) is 0 Å². The maximum Gasteiger partial charge on any atom is 0.0969 e. The fraction of sp³-hybridized carbons (Fsp3) is 0.708. The number of rotatable bonds is 1. The molecule has 6 atom stereocenters. The van der Waals surface area contributed by atoms with Crippen LogP contribution in [0, 0.1) is 34.5 Å². The first-order valence-electron chi connectivity index (χ1n) is 10.8. The van der Waals surface area contributed by atoms with Gasteiger partial charge < -0.3 is 0 Å². The van der Waals surface area contributed by atoms with Gasteiger partial charge in [0.05, 0.1) is 15.2 Å². The zero-order chi connectivity index (χ0) is 18.1. The van der Waals surface area contributed by atoms with E-state index in [2.05, 4.69) is 52.0 Å². The maximum atomic E-state index is 5.05. The van der Waals surface area contributed by atoms with Gasteiger partial charge in [0.15, 0.2) is 0 Å². The minimum Gasteiger partial charge on any atom is -0.241 e. The molecule has 1 aromatic heterocycles. The van der Waals surface area contributed by atoms with Gasteiger partial charge in [-0.05, 0) is 78.7 Å². The van der Waals surface area contributed by atoms with Crippen LogP contribution in [0.25, 0.3) is 10.2 Å². The highest BCUT2D eigenvalue weighted by Gasteiger charge is 2.63. The molecule has 0 N–H and O–H groups in total. The lowest BCUT2D eigenvalue weighted by Crippen LogP contribution is -2.41. The van der Waals surface area contributed by atoms with Crippen molar-refractivity contribution >= 4 is 21.6 Å². The van der Waals surface area contributed by atoms with Crippen molar-refractivity contribution < 1.29 is 0 Å². The van der Waals surface area contributed by atoms with Crippen molar-refractivity contribution in [1.29, 1.82) is 0 Å². The molecule has 0 amide bonds. The third-order valence-electron chi connectivity index (χ3n) is 9.06. The molecule has 5 rings (SSSR count). The molecule has 0 saturated heterocycles. The van der Waals surface area contributed by atoms with Crippen LogP contribution in [0.2, 0.25) is 0 Å². The Morgan fingerprint density at radius 3 is 2.62 bits per heavy atom. The molecule has 3 saturated carbocycles. The van der Waals surface area contributed by atoms with E-state index in [1.807, 2.05) is 11.3 Å². The van der Waals surface area contributed by atoms with E-state index in [0.717, 1.165) is 23.7 Å². The van der Waals surface area contributed by atoms with Crippen LogP contribution in [-0.4, -0.2) is 4.98 Å². The Balaban J connectivity index is 1.48. The molecule has 0 spiro atoms. The third kappa shape index (κ3) is 2.30. The van der Waals surface area contributed by atoms with Crippen LogP contribution in [-0.2, 0) is 0 Å². The molecule has 2 aromatic rings. The topological polar surface area (TPSA) is 12.9 Å². The van der Waals surface area contributed by atoms with E-state index in [9.17, 15) is 0 Å². The quantitative estimate of drug-likeness (QED) is 0.516. The minimum atomic E-state index is 0.465. The first-order chi connectivity index (χ1) is 12.4. The fourth-order valence-electron chi connectivity index (χ4n) is 7.31. The summed E-state index contributed by atoms with van der Waals surface area (Å²) in [7, 11) is 0. The van der Waals surface area contributed by atoms with Crippen molar-refractivity contribution in [2.75, 3.05) is 0 Å². The zero-order valence-electron chi connectivity index (χ0n) is 16.8. The Bertz CT molecular complexity index is 787. The monoisotopic (exact) mass is 367 g/mol.